The lowest BCUT2D eigenvalue weighted by Crippen LogP contribution is -2.35. The van der Waals surface area contributed by atoms with Crippen LogP contribution in [0.4, 0.5) is 10.1 Å². The first-order valence-electron chi connectivity index (χ1n) is 6.93. The molecule has 22 heavy (non-hydrogen) atoms. The second kappa shape index (κ2) is 5.88. The first-order valence-corrected chi connectivity index (χ1v) is 6.93. The third kappa shape index (κ3) is 3.33. The Morgan fingerprint density at radius 1 is 1.41 bits per heavy atom. The SMILES string of the molecule is Cc1nc2ccc(F)cc2c(NC(C)(C)CO)c1CC(=O)O. The minimum Gasteiger partial charge on any atom is -0.481 e. The average Bonchev–Trinajstić information content (AvgIpc) is 2.43. The van der Waals surface area contributed by atoms with Crippen molar-refractivity contribution in [3.63, 3.8) is 0 Å². The number of hydrogen-bond donors (Lipinski definition) is 3. The third-order valence-corrected chi connectivity index (χ3v) is 3.44. The number of carboxylic acid groups (broad SMARTS) is 1. The summed E-state index contributed by atoms with van der Waals surface area (Å²) in [6.45, 7) is 5.12. The second-order valence-electron chi connectivity index (χ2n) is 5.95. The number of nitrogens with zero attached hydrogens (tertiary/aromatic N) is 1. The second-order valence-corrected chi connectivity index (χ2v) is 5.95. The molecule has 0 saturated carbocycles. The van der Waals surface area contributed by atoms with Gasteiger partial charge in [0, 0.05) is 22.3 Å². The van der Waals surface area contributed by atoms with Crippen LogP contribution in [0.2, 0.25) is 0 Å². The van der Waals surface area contributed by atoms with E-state index in [-0.39, 0.29) is 13.0 Å². The number of aliphatic hydroxyl groups excluding tert-OH is 1. The normalized spacial score (nSPS) is 11.7. The molecule has 2 aromatic rings. The molecule has 0 radical (unpaired) electrons. The van der Waals surface area contributed by atoms with Gasteiger partial charge < -0.3 is 15.5 Å². The number of fused-ring (bicyclic) bond motifs is 1. The van der Waals surface area contributed by atoms with Crippen molar-refractivity contribution in [1.29, 1.82) is 0 Å². The Morgan fingerprint density at radius 3 is 2.68 bits per heavy atom. The summed E-state index contributed by atoms with van der Waals surface area (Å²) in [6.07, 6.45) is -0.227. The number of anilines is 1. The first kappa shape index (κ1) is 16.2. The standard InChI is InChI=1S/C16H19FN2O3/c1-9-11(7-14(21)22)15(19-16(2,3)8-20)12-6-10(17)4-5-13(12)18-9/h4-6,20H,7-8H2,1-3H3,(H,18,19)(H,21,22). The molecule has 118 valence electrons. The minimum absolute atomic E-state index is 0.155. The lowest BCUT2D eigenvalue weighted by atomic mass is 9.99. The highest BCUT2D eigenvalue weighted by Gasteiger charge is 2.22. The molecule has 0 aliphatic carbocycles. The van der Waals surface area contributed by atoms with Crippen LogP contribution in [0.25, 0.3) is 10.9 Å². The fourth-order valence-electron chi connectivity index (χ4n) is 2.29. The van der Waals surface area contributed by atoms with E-state index in [1.807, 2.05) is 0 Å². The molecule has 0 atom stereocenters. The number of nitrogens with one attached hydrogen (secondary N) is 1. The smallest absolute Gasteiger partial charge is 0.307 e. The van der Waals surface area contributed by atoms with Crippen molar-refractivity contribution < 1.29 is 19.4 Å². The fourth-order valence-corrected chi connectivity index (χ4v) is 2.29. The van der Waals surface area contributed by atoms with E-state index in [1.165, 1.54) is 12.1 Å². The average molecular weight is 306 g/mol. The van der Waals surface area contributed by atoms with Crippen molar-refractivity contribution in [1.82, 2.24) is 4.98 Å². The Hall–Kier alpha value is -2.21. The van der Waals surface area contributed by atoms with Gasteiger partial charge in [-0.3, -0.25) is 9.78 Å². The summed E-state index contributed by atoms with van der Waals surface area (Å²) in [6, 6.07) is 4.19. The molecular weight excluding hydrogens is 287 g/mol. The number of rotatable bonds is 5. The van der Waals surface area contributed by atoms with Gasteiger partial charge in [-0.15, -0.1) is 0 Å². The molecule has 2 rings (SSSR count). The number of benzene rings is 1. The predicted octanol–water partition coefficient (Wildman–Crippen LogP) is 2.49. The van der Waals surface area contributed by atoms with Gasteiger partial charge in [0.15, 0.2) is 0 Å². The number of aliphatic carboxylic acids is 1. The zero-order valence-electron chi connectivity index (χ0n) is 12.8. The Morgan fingerprint density at radius 2 is 2.09 bits per heavy atom. The molecule has 1 aromatic carbocycles. The van der Waals surface area contributed by atoms with Crippen LogP contribution in [0.1, 0.15) is 25.1 Å². The number of aryl methyl sites for hydroxylation is 1. The molecule has 1 aromatic heterocycles. The first-order chi connectivity index (χ1) is 10.2. The van der Waals surface area contributed by atoms with Crippen LogP contribution < -0.4 is 5.32 Å². The largest absolute Gasteiger partial charge is 0.481 e. The van der Waals surface area contributed by atoms with Gasteiger partial charge in [-0.25, -0.2) is 4.39 Å². The molecule has 0 spiro atoms. The topological polar surface area (TPSA) is 82.5 Å². The molecule has 0 aliphatic rings. The van der Waals surface area contributed by atoms with Crippen molar-refractivity contribution >= 4 is 22.6 Å². The highest BCUT2D eigenvalue weighted by molar-refractivity contribution is 5.95. The van der Waals surface area contributed by atoms with E-state index in [0.717, 1.165) is 0 Å². The summed E-state index contributed by atoms with van der Waals surface area (Å²) in [5.74, 6) is -1.42. The van der Waals surface area contributed by atoms with E-state index in [0.29, 0.717) is 27.8 Å². The van der Waals surface area contributed by atoms with Crippen molar-refractivity contribution in [3.05, 3.63) is 35.3 Å². The van der Waals surface area contributed by atoms with Gasteiger partial charge in [-0.1, -0.05) is 0 Å². The van der Waals surface area contributed by atoms with Crippen LogP contribution in [-0.2, 0) is 11.2 Å². The number of halogens is 1. The molecule has 6 heteroatoms. The maximum Gasteiger partial charge on any atom is 0.307 e. The van der Waals surface area contributed by atoms with E-state index in [2.05, 4.69) is 10.3 Å². The van der Waals surface area contributed by atoms with E-state index < -0.39 is 17.3 Å². The highest BCUT2D eigenvalue weighted by atomic mass is 19.1. The summed E-state index contributed by atoms with van der Waals surface area (Å²) in [5, 5.41) is 22.2. The Labute approximate surface area is 127 Å². The van der Waals surface area contributed by atoms with E-state index in [1.54, 1.807) is 26.8 Å². The zero-order chi connectivity index (χ0) is 16.5. The summed E-state index contributed by atoms with van der Waals surface area (Å²) < 4.78 is 13.6. The maximum atomic E-state index is 13.6. The van der Waals surface area contributed by atoms with Crippen molar-refractivity contribution in [2.75, 3.05) is 11.9 Å². The molecule has 3 N–H and O–H groups in total. The van der Waals surface area contributed by atoms with Gasteiger partial charge in [0.2, 0.25) is 0 Å². The van der Waals surface area contributed by atoms with Gasteiger partial charge in [0.1, 0.15) is 5.82 Å². The van der Waals surface area contributed by atoms with Crippen LogP contribution in [0.3, 0.4) is 0 Å². The molecule has 1 heterocycles. The van der Waals surface area contributed by atoms with E-state index in [9.17, 15) is 14.3 Å². The van der Waals surface area contributed by atoms with E-state index in [4.69, 9.17) is 5.11 Å². The zero-order valence-corrected chi connectivity index (χ0v) is 12.8. The lowest BCUT2D eigenvalue weighted by molar-refractivity contribution is -0.136. The molecule has 0 fully saturated rings. The monoisotopic (exact) mass is 306 g/mol. The molecule has 0 saturated heterocycles. The molecule has 0 unspecified atom stereocenters. The molecule has 0 aliphatic heterocycles. The van der Waals surface area contributed by atoms with Crippen molar-refractivity contribution in [2.24, 2.45) is 0 Å². The van der Waals surface area contributed by atoms with Gasteiger partial charge in [0.05, 0.1) is 24.1 Å². The number of pyridine rings is 1. The van der Waals surface area contributed by atoms with Crippen molar-refractivity contribution in [2.45, 2.75) is 32.7 Å². The fraction of sp³-hybridized carbons (Fsp3) is 0.375. The van der Waals surface area contributed by atoms with Crippen molar-refractivity contribution in [3.8, 4) is 0 Å². The minimum atomic E-state index is -0.995. The molecule has 5 nitrogen and oxygen atoms in total. The predicted molar refractivity (Wildman–Crippen MR) is 82.6 cm³/mol. The Bertz CT molecular complexity index is 729. The van der Waals surface area contributed by atoms with Gasteiger partial charge in [0.25, 0.3) is 0 Å². The number of hydrogen-bond acceptors (Lipinski definition) is 4. The number of carbonyl (C=O) groups is 1. The third-order valence-electron chi connectivity index (χ3n) is 3.44. The van der Waals surface area contributed by atoms with Gasteiger partial charge in [-0.2, -0.15) is 0 Å². The Kier molecular flexibility index (Phi) is 4.32. The molecule has 0 amide bonds. The van der Waals surface area contributed by atoms with Gasteiger partial charge >= 0.3 is 5.97 Å². The molecule has 0 bridgehead atoms. The maximum absolute atomic E-state index is 13.6. The van der Waals surface area contributed by atoms with E-state index >= 15 is 0 Å². The lowest BCUT2D eigenvalue weighted by Gasteiger charge is -2.28. The Balaban J connectivity index is 2.74. The van der Waals surface area contributed by atoms with Crippen LogP contribution in [0.5, 0.6) is 0 Å². The van der Waals surface area contributed by atoms with Crippen LogP contribution >= 0.6 is 0 Å². The summed E-state index contributed by atoms with van der Waals surface area (Å²) in [4.78, 5) is 15.5. The quantitative estimate of drug-likeness (QED) is 0.790. The summed E-state index contributed by atoms with van der Waals surface area (Å²) in [7, 11) is 0. The summed E-state index contributed by atoms with van der Waals surface area (Å²) in [5.41, 5.74) is 1.46. The highest BCUT2D eigenvalue weighted by Crippen LogP contribution is 2.31. The summed E-state index contributed by atoms with van der Waals surface area (Å²) >= 11 is 0. The van der Waals surface area contributed by atoms with Gasteiger partial charge in [-0.05, 0) is 39.0 Å². The van der Waals surface area contributed by atoms with Crippen LogP contribution in [0.15, 0.2) is 18.2 Å². The van der Waals surface area contributed by atoms with Crippen LogP contribution in [-0.4, -0.2) is 33.3 Å². The van der Waals surface area contributed by atoms with Crippen LogP contribution in [0, 0.1) is 12.7 Å². The number of aromatic nitrogens is 1. The number of aliphatic hydroxyl groups is 1. The molecular formula is C16H19FN2O3. The number of carboxylic acids is 1.